The SMILES string of the molecule is C[C@@]1(/C=C/S(=O)(=O)NC(=O)Nc2cc3c(c4c2CCC4)CCC3)CCCN1C(=O)O. The first kappa shape index (κ1) is 20.7. The zero-order valence-corrected chi connectivity index (χ0v) is 17.8. The van der Waals surface area contributed by atoms with Crippen LogP contribution in [0.2, 0.25) is 0 Å². The van der Waals surface area contributed by atoms with Crippen molar-refractivity contribution in [2.75, 3.05) is 11.9 Å². The number of urea groups is 1. The minimum absolute atomic E-state index is 0.355. The summed E-state index contributed by atoms with van der Waals surface area (Å²) in [5.41, 5.74) is 4.89. The van der Waals surface area contributed by atoms with Gasteiger partial charge in [-0.1, -0.05) is 0 Å². The highest BCUT2D eigenvalue weighted by Gasteiger charge is 2.38. The molecule has 3 amide bonds. The Morgan fingerprint density at radius 2 is 1.80 bits per heavy atom. The van der Waals surface area contributed by atoms with Crippen molar-refractivity contribution in [3.8, 4) is 0 Å². The number of carbonyl (C=O) groups excluding carboxylic acids is 1. The molecule has 1 aromatic carbocycles. The lowest BCUT2D eigenvalue weighted by Crippen LogP contribution is -2.43. The van der Waals surface area contributed by atoms with Crippen LogP contribution in [-0.4, -0.2) is 42.6 Å². The van der Waals surface area contributed by atoms with Gasteiger partial charge in [-0.05, 0) is 92.7 Å². The van der Waals surface area contributed by atoms with E-state index in [4.69, 9.17) is 0 Å². The van der Waals surface area contributed by atoms with Crippen molar-refractivity contribution < 1.29 is 23.1 Å². The van der Waals surface area contributed by atoms with Crippen LogP contribution < -0.4 is 10.0 Å². The highest BCUT2D eigenvalue weighted by molar-refractivity contribution is 7.92. The molecule has 8 nitrogen and oxygen atoms in total. The maximum absolute atomic E-state index is 12.4. The molecule has 2 aliphatic carbocycles. The number of carboxylic acid groups (broad SMARTS) is 1. The summed E-state index contributed by atoms with van der Waals surface area (Å²) >= 11 is 0. The van der Waals surface area contributed by atoms with Gasteiger partial charge in [-0.2, -0.15) is 0 Å². The Balaban J connectivity index is 1.47. The first-order valence-electron chi connectivity index (χ1n) is 10.4. The summed E-state index contributed by atoms with van der Waals surface area (Å²) in [7, 11) is -4.06. The van der Waals surface area contributed by atoms with E-state index in [1.807, 2.05) is 10.8 Å². The second kappa shape index (κ2) is 7.61. The lowest BCUT2D eigenvalue weighted by molar-refractivity contribution is 0.126. The summed E-state index contributed by atoms with van der Waals surface area (Å²) in [6.45, 7) is 2.03. The quantitative estimate of drug-likeness (QED) is 0.675. The van der Waals surface area contributed by atoms with Crippen molar-refractivity contribution in [1.82, 2.24) is 9.62 Å². The average Bonchev–Trinajstić information content (AvgIpc) is 3.38. The molecule has 0 spiro atoms. The number of sulfonamides is 1. The number of nitrogens with one attached hydrogen (secondary N) is 2. The molecule has 1 heterocycles. The summed E-state index contributed by atoms with van der Waals surface area (Å²) in [6, 6.07) is 1.18. The number of likely N-dealkylation sites (tertiary alicyclic amines) is 1. The number of aryl methyl sites for hydroxylation is 1. The number of amides is 3. The lowest BCUT2D eigenvalue weighted by atomic mass is 9.98. The van der Waals surface area contributed by atoms with Crippen LogP contribution in [0.15, 0.2) is 17.6 Å². The number of nitrogens with zero attached hydrogens (tertiary/aromatic N) is 1. The molecule has 0 unspecified atom stereocenters. The first-order valence-corrected chi connectivity index (χ1v) is 11.9. The molecular formula is C21H27N3O5S. The predicted octanol–water partition coefficient (Wildman–Crippen LogP) is 3.16. The van der Waals surface area contributed by atoms with Gasteiger partial charge < -0.3 is 10.4 Å². The number of benzene rings is 1. The predicted molar refractivity (Wildman–Crippen MR) is 113 cm³/mol. The zero-order valence-electron chi connectivity index (χ0n) is 17.0. The van der Waals surface area contributed by atoms with Crippen LogP contribution in [0.1, 0.15) is 54.9 Å². The fourth-order valence-electron chi connectivity index (χ4n) is 5.04. The largest absolute Gasteiger partial charge is 0.465 e. The van der Waals surface area contributed by atoms with Crippen LogP contribution in [0.25, 0.3) is 0 Å². The summed E-state index contributed by atoms with van der Waals surface area (Å²) < 4.78 is 26.8. The second-order valence-electron chi connectivity index (χ2n) is 8.52. The van der Waals surface area contributed by atoms with Crippen molar-refractivity contribution in [3.63, 3.8) is 0 Å². The average molecular weight is 434 g/mol. The monoisotopic (exact) mass is 433 g/mol. The maximum atomic E-state index is 12.4. The summed E-state index contributed by atoms with van der Waals surface area (Å²) in [5, 5.41) is 12.9. The molecule has 4 rings (SSSR count). The van der Waals surface area contributed by atoms with Gasteiger partial charge in [0.25, 0.3) is 10.0 Å². The third-order valence-corrected chi connectivity index (χ3v) is 7.45. The van der Waals surface area contributed by atoms with Gasteiger partial charge in [-0.3, -0.25) is 4.90 Å². The van der Waals surface area contributed by atoms with Gasteiger partial charge in [-0.15, -0.1) is 0 Å². The van der Waals surface area contributed by atoms with Crippen molar-refractivity contribution in [3.05, 3.63) is 39.8 Å². The van der Waals surface area contributed by atoms with Gasteiger partial charge in [0.15, 0.2) is 0 Å². The summed E-state index contributed by atoms with van der Waals surface area (Å²) in [4.78, 5) is 25.0. The standard InChI is InChI=1S/C21H27N3O5S/c1-21(9-4-11-24(21)20(26)27)10-12-30(28,29)23-19(25)22-18-13-14-5-2-6-15(14)16-7-3-8-17(16)18/h10,12-13H,2-9,11H2,1H3,(H,26,27)(H2,22,23,25)/b12-10+/t21-/m0/s1. The van der Waals surface area contributed by atoms with Gasteiger partial charge >= 0.3 is 12.1 Å². The highest BCUT2D eigenvalue weighted by Crippen LogP contribution is 2.38. The molecule has 9 heteroatoms. The van der Waals surface area contributed by atoms with Gasteiger partial charge in [0, 0.05) is 17.6 Å². The van der Waals surface area contributed by atoms with Crippen LogP contribution in [0.5, 0.6) is 0 Å². The van der Waals surface area contributed by atoms with E-state index >= 15 is 0 Å². The maximum Gasteiger partial charge on any atom is 0.407 e. The Hall–Kier alpha value is -2.55. The van der Waals surface area contributed by atoms with E-state index in [-0.39, 0.29) is 0 Å². The minimum atomic E-state index is -4.06. The van der Waals surface area contributed by atoms with Crippen LogP contribution in [-0.2, 0) is 35.7 Å². The van der Waals surface area contributed by atoms with E-state index in [2.05, 4.69) is 5.32 Å². The molecule has 0 radical (unpaired) electrons. The van der Waals surface area contributed by atoms with E-state index in [0.29, 0.717) is 25.1 Å². The molecule has 162 valence electrons. The molecular weight excluding hydrogens is 406 g/mol. The molecule has 0 bridgehead atoms. The van der Waals surface area contributed by atoms with E-state index < -0.39 is 27.7 Å². The van der Waals surface area contributed by atoms with E-state index in [1.165, 1.54) is 27.7 Å². The van der Waals surface area contributed by atoms with Crippen LogP contribution in [0.4, 0.5) is 15.3 Å². The lowest BCUT2D eigenvalue weighted by Gasteiger charge is -2.29. The Morgan fingerprint density at radius 3 is 2.57 bits per heavy atom. The fourth-order valence-corrected chi connectivity index (χ4v) is 5.89. The van der Waals surface area contributed by atoms with E-state index in [0.717, 1.165) is 49.5 Å². The van der Waals surface area contributed by atoms with Crippen molar-refractivity contribution in [2.45, 2.75) is 63.8 Å². The Morgan fingerprint density at radius 1 is 1.10 bits per heavy atom. The first-order chi connectivity index (χ1) is 14.2. The van der Waals surface area contributed by atoms with Gasteiger partial charge in [0.1, 0.15) is 0 Å². The molecule has 0 aromatic heterocycles. The molecule has 1 fully saturated rings. The molecule has 1 saturated heterocycles. The third-order valence-electron chi connectivity index (χ3n) is 6.49. The van der Waals surface area contributed by atoms with Gasteiger partial charge in [0.2, 0.25) is 0 Å². The van der Waals surface area contributed by atoms with Crippen LogP contribution in [0, 0.1) is 0 Å². The Bertz CT molecular complexity index is 1030. The van der Waals surface area contributed by atoms with E-state index in [1.54, 1.807) is 6.92 Å². The smallest absolute Gasteiger partial charge is 0.407 e. The second-order valence-corrected chi connectivity index (χ2v) is 10.1. The molecule has 1 atom stereocenters. The normalized spacial score (nSPS) is 22.9. The Kier molecular flexibility index (Phi) is 5.25. The van der Waals surface area contributed by atoms with Gasteiger partial charge in [0.05, 0.1) is 5.54 Å². The van der Waals surface area contributed by atoms with Gasteiger partial charge in [-0.25, -0.2) is 22.7 Å². The molecule has 1 aliphatic heterocycles. The third kappa shape index (κ3) is 3.90. The number of hydrogen-bond acceptors (Lipinski definition) is 4. The number of hydrogen-bond donors (Lipinski definition) is 3. The molecule has 0 saturated carbocycles. The van der Waals surface area contributed by atoms with E-state index in [9.17, 15) is 23.1 Å². The minimum Gasteiger partial charge on any atom is -0.465 e. The fraction of sp³-hybridized carbons (Fsp3) is 0.524. The molecule has 30 heavy (non-hydrogen) atoms. The zero-order chi connectivity index (χ0) is 21.5. The van der Waals surface area contributed by atoms with Crippen molar-refractivity contribution >= 4 is 27.8 Å². The number of fused-ring (bicyclic) bond motifs is 3. The number of rotatable bonds is 4. The van der Waals surface area contributed by atoms with Crippen LogP contribution in [0.3, 0.4) is 0 Å². The molecule has 3 N–H and O–H groups in total. The van der Waals surface area contributed by atoms with Crippen molar-refractivity contribution in [1.29, 1.82) is 0 Å². The van der Waals surface area contributed by atoms with Crippen molar-refractivity contribution in [2.24, 2.45) is 0 Å². The molecule has 3 aliphatic rings. The highest BCUT2D eigenvalue weighted by atomic mass is 32.2. The molecule has 1 aromatic rings. The topological polar surface area (TPSA) is 116 Å². The Labute approximate surface area is 176 Å². The van der Waals surface area contributed by atoms with Crippen LogP contribution >= 0.6 is 0 Å². The summed E-state index contributed by atoms with van der Waals surface area (Å²) in [5.74, 6) is 0. The summed E-state index contributed by atoms with van der Waals surface area (Å²) in [6.07, 6.45) is 7.55. The number of anilines is 1. The number of carbonyl (C=O) groups is 2.